The van der Waals surface area contributed by atoms with Gasteiger partial charge in [-0.2, -0.15) is 0 Å². The summed E-state index contributed by atoms with van der Waals surface area (Å²) in [5.41, 5.74) is 5.12. The van der Waals surface area contributed by atoms with E-state index in [2.05, 4.69) is 36.6 Å². The predicted molar refractivity (Wildman–Crippen MR) is 219 cm³/mol. The molecule has 5 atom stereocenters. The molecule has 0 radical (unpaired) electrons. The molecule has 16 nitrogen and oxygen atoms in total. The molecule has 3 aromatic rings. The van der Waals surface area contributed by atoms with Crippen LogP contribution in [0.4, 0.5) is 10.5 Å². The van der Waals surface area contributed by atoms with Crippen molar-refractivity contribution in [3.8, 4) is 0 Å². The molecule has 2 heterocycles. The van der Waals surface area contributed by atoms with Crippen LogP contribution in [0.25, 0.3) is 10.8 Å². The number of hydrogen-bond donors (Lipinski definition) is 6. The van der Waals surface area contributed by atoms with Crippen LogP contribution in [0.3, 0.4) is 0 Å². The van der Waals surface area contributed by atoms with Crippen molar-refractivity contribution >= 4 is 57.8 Å². The maximum absolute atomic E-state index is 14.4. The van der Waals surface area contributed by atoms with Gasteiger partial charge in [0.2, 0.25) is 23.5 Å². The molecule has 0 unspecified atom stereocenters. The van der Waals surface area contributed by atoms with Gasteiger partial charge in [0, 0.05) is 31.2 Å². The average Bonchev–Trinajstić information content (AvgIpc) is 3.63. The first-order valence-corrected chi connectivity index (χ1v) is 20.5. The summed E-state index contributed by atoms with van der Waals surface area (Å²) in [5, 5.41) is 16.2. The fourth-order valence-electron chi connectivity index (χ4n) is 8.26. The van der Waals surface area contributed by atoms with Crippen molar-refractivity contribution in [2.75, 3.05) is 18.4 Å². The second-order valence-electron chi connectivity index (χ2n) is 17.2. The zero-order chi connectivity index (χ0) is 42.3. The minimum atomic E-state index is -1.16. The zero-order valence-electron chi connectivity index (χ0n) is 33.9. The van der Waals surface area contributed by atoms with E-state index in [-0.39, 0.29) is 37.0 Å². The van der Waals surface area contributed by atoms with Gasteiger partial charge in [-0.15, -0.1) is 0 Å². The minimum Gasteiger partial charge on any atom is -0.363 e. The highest BCUT2D eigenvalue weighted by Gasteiger charge is 2.45. The van der Waals surface area contributed by atoms with E-state index < -0.39 is 76.9 Å². The van der Waals surface area contributed by atoms with Gasteiger partial charge in [-0.3, -0.25) is 33.8 Å². The van der Waals surface area contributed by atoms with E-state index in [0.29, 0.717) is 18.5 Å². The van der Waals surface area contributed by atoms with Crippen molar-refractivity contribution < 1.29 is 33.6 Å². The molecule has 314 valence electrons. The number of nitrogens with zero attached hydrogens (tertiary/aromatic N) is 3. The molecule has 2 aromatic carbocycles. The summed E-state index contributed by atoms with van der Waals surface area (Å²) in [6, 6.07) is 8.46. The lowest BCUT2D eigenvalue weighted by molar-refractivity contribution is -0.139. The molecule has 7 N–H and O–H groups in total. The van der Waals surface area contributed by atoms with Gasteiger partial charge in [-0.05, 0) is 59.4 Å². The van der Waals surface area contributed by atoms with Crippen LogP contribution in [0.1, 0.15) is 89.0 Å². The van der Waals surface area contributed by atoms with Gasteiger partial charge in [0.05, 0.1) is 24.2 Å². The Bertz CT molecular complexity index is 2050. The standard InChI is InChI=1S/C43H55N9O7/c1-43(2,3)36(51-40(57)34(27-13-5-4-6-14-27)50-39(56)32-22-45-18-19-46-32)41(58)49-33-24-52(42(59)47-29-17-16-26-12-7-8-15-28(26)21-29)23-30(33)38(55)48-31(35(53)37(44)54)20-25-10-9-11-25/h7-8,12,15-19,21-22,25,27,30-31,33-34,36H,4-6,9-11,13-14,20,23-24H2,1-3H3,(H2,44,54)(H,47,59)(H,48,55)(H,49,58)(H,50,56)(H,51,57)/t30-,31+,33+,34+,36-/m1/s1. The molecule has 1 aliphatic heterocycles. The number of rotatable bonds is 14. The Balaban J connectivity index is 1.22. The molecule has 59 heavy (non-hydrogen) atoms. The second kappa shape index (κ2) is 18.8. The Morgan fingerprint density at radius 1 is 0.831 bits per heavy atom. The molecule has 6 rings (SSSR count). The van der Waals surface area contributed by atoms with E-state index in [0.717, 1.165) is 49.3 Å². The molecule has 1 saturated heterocycles. The van der Waals surface area contributed by atoms with Crippen LogP contribution >= 0.6 is 0 Å². The zero-order valence-corrected chi connectivity index (χ0v) is 33.9. The average molecular weight is 810 g/mol. The molecule has 3 aliphatic rings. The molecule has 1 aromatic heterocycles. The lowest BCUT2D eigenvalue weighted by Gasteiger charge is -2.35. The molecule has 2 saturated carbocycles. The number of nitrogens with one attached hydrogen (secondary N) is 5. The van der Waals surface area contributed by atoms with Crippen molar-refractivity contribution in [3.05, 3.63) is 66.7 Å². The van der Waals surface area contributed by atoms with E-state index in [1.807, 2.05) is 36.4 Å². The SMILES string of the molecule is CC(C)(C)[C@H](NC(=O)[C@@H](NC(=O)c1cnccn1)C1CCCCC1)C(=O)N[C@H]1CN(C(=O)Nc2ccc3ccccc3c2)C[C@H]1C(=O)N[C@@H](CC1CCC1)C(=O)C(N)=O. The number of fused-ring (bicyclic) bond motifs is 1. The molecule has 16 heteroatoms. The number of benzene rings is 2. The van der Waals surface area contributed by atoms with Gasteiger partial charge in [-0.1, -0.05) is 89.6 Å². The van der Waals surface area contributed by atoms with E-state index in [9.17, 15) is 33.6 Å². The van der Waals surface area contributed by atoms with E-state index in [1.54, 1.807) is 26.8 Å². The predicted octanol–water partition coefficient (Wildman–Crippen LogP) is 3.22. The molecular weight excluding hydrogens is 755 g/mol. The molecule has 0 spiro atoms. The first kappa shape index (κ1) is 42.7. The van der Waals surface area contributed by atoms with Crippen molar-refractivity contribution in [1.82, 2.24) is 36.1 Å². The summed E-state index contributed by atoms with van der Waals surface area (Å²) in [7, 11) is 0. The topological polar surface area (TPSA) is 235 Å². The number of nitrogens with two attached hydrogens (primary N) is 1. The van der Waals surface area contributed by atoms with Gasteiger partial charge in [0.15, 0.2) is 0 Å². The number of urea groups is 1. The number of aromatic nitrogens is 2. The van der Waals surface area contributed by atoms with Gasteiger partial charge < -0.3 is 37.2 Å². The number of carbonyl (C=O) groups excluding carboxylic acids is 7. The van der Waals surface area contributed by atoms with Crippen molar-refractivity contribution in [1.29, 1.82) is 0 Å². The smallest absolute Gasteiger partial charge is 0.321 e. The highest BCUT2D eigenvalue weighted by Crippen LogP contribution is 2.32. The second-order valence-corrected chi connectivity index (χ2v) is 17.2. The van der Waals surface area contributed by atoms with Crippen LogP contribution in [-0.4, -0.2) is 93.5 Å². The lowest BCUT2D eigenvalue weighted by atomic mass is 9.80. The molecule has 0 bridgehead atoms. The largest absolute Gasteiger partial charge is 0.363 e. The van der Waals surface area contributed by atoms with Crippen molar-refractivity contribution in [2.45, 2.75) is 103 Å². The fourth-order valence-corrected chi connectivity index (χ4v) is 8.26. The Labute approximate surface area is 343 Å². The third-order valence-electron chi connectivity index (χ3n) is 11.8. The van der Waals surface area contributed by atoms with Crippen LogP contribution in [0.15, 0.2) is 61.1 Å². The number of ketones is 1. The summed E-state index contributed by atoms with van der Waals surface area (Å²) >= 11 is 0. The van der Waals surface area contributed by atoms with Crippen LogP contribution in [0.5, 0.6) is 0 Å². The number of Topliss-reactive ketones (excluding diaryl/α,β-unsaturated/α-hetero) is 1. The van der Waals surface area contributed by atoms with E-state index in [4.69, 9.17) is 5.73 Å². The van der Waals surface area contributed by atoms with E-state index in [1.165, 1.54) is 23.5 Å². The summed E-state index contributed by atoms with van der Waals surface area (Å²) in [5.74, 6) is -5.48. The Kier molecular flexibility index (Phi) is 13.6. The Hall–Kier alpha value is -5.93. The van der Waals surface area contributed by atoms with Gasteiger partial charge in [0.25, 0.3) is 11.8 Å². The summed E-state index contributed by atoms with van der Waals surface area (Å²) in [6.45, 7) is 5.15. The minimum absolute atomic E-state index is 0.0541. The molecule has 7 amide bonds. The normalized spacial score (nSPS) is 20.0. The van der Waals surface area contributed by atoms with Crippen LogP contribution < -0.4 is 32.3 Å². The summed E-state index contributed by atoms with van der Waals surface area (Å²) < 4.78 is 0. The van der Waals surface area contributed by atoms with Crippen LogP contribution in [-0.2, 0) is 24.0 Å². The number of amides is 7. The highest BCUT2D eigenvalue weighted by molar-refractivity contribution is 6.37. The Morgan fingerprint density at radius 2 is 1.56 bits per heavy atom. The maximum atomic E-state index is 14.4. The first-order chi connectivity index (χ1) is 28.2. The highest BCUT2D eigenvalue weighted by atomic mass is 16.2. The number of hydrogen-bond acceptors (Lipinski definition) is 9. The molecular formula is C43H55N9O7. The third kappa shape index (κ3) is 10.8. The van der Waals surface area contributed by atoms with E-state index >= 15 is 0 Å². The first-order valence-electron chi connectivity index (χ1n) is 20.5. The van der Waals surface area contributed by atoms with Crippen LogP contribution in [0, 0.1) is 23.2 Å². The lowest BCUT2D eigenvalue weighted by Crippen LogP contribution is -2.61. The van der Waals surface area contributed by atoms with Crippen LogP contribution in [0.2, 0.25) is 0 Å². The maximum Gasteiger partial charge on any atom is 0.321 e. The monoisotopic (exact) mass is 809 g/mol. The Morgan fingerprint density at radius 3 is 2.20 bits per heavy atom. The number of primary amides is 1. The summed E-state index contributed by atoms with van der Waals surface area (Å²) in [4.78, 5) is 104. The van der Waals surface area contributed by atoms with Gasteiger partial charge >= 0.3 is 6.03 Å². The third-order valence-corrected chi connectivity index (χ3v) is 11.8. The number of likely N-dealkylation sites (tertiary alicyclic amines) is 1. The molecule has 2 aliphatic carbocycles. The van der Waals surface area contributed by atoms with Gasteiger partial charge in [-0.25, -0.2) is 9.78 Å². The number of carbonyl (C=O) groups is 7. The van der Waals surface area contributed by atoms with Gasteiger partial charge in [0.1, 0.15) is 17.8 Å². The van der Waals surface area contributed by atoms with Crippen molar-refractivity contribution in [3.63, 3.8) is 0 Å². The number of anilines is 1. The quantitative estimate of drug-likeness (QED) is 0.131. The fraction of sp³-hybridized carbons (Fsp3) is 0.512. The molecule has 3 fully saturated rings. The van der Waals surface area contributed by atoms with Crippen molar-refractivity contribution in [2.24, 2.45) is 28.9 Å². The summed E-state index contributed by atoms with van der Waals surface area (Å²) in [6.07, 6.45) is 11.3.